The zero-order valence-corrected chi connectivity index (χ0v) is 29.6. The first-order chi connectivity index (χ1) is 23.4. The van der Waals surface area contributed by atoms with Gasteiger partial charge in [0.1, 0.15) is 17.1 Å². The zero-order chi connectivity index (χ0) is 35.0. The molecule has 50 heavy (non-hydrogen) atoms. The smallest absolute Gasteiger partial charge is 0.410 e. The Labute approximate surface area is 298 Å². The molecule has 4 saturated heterocycles. The molecule has 0 spiro atoms. The molecule has 0 bridgehead atoms. The number of ether oxygens (including phenoxy) is 3. The van der Waals surface area contributed by atoms with Gasteiger partial charge in [-0.3, -0.25) is 29.8 Å². The van der Waals surface area contributed by atoms with Gasteiger partial charge in [-0.05, 0) is 69.3 Å². The van der Waals surface area contributed by atoms with Gasteiger partial charge in [0.05, 0.1) is 0 Å². The van der Waals surface area contributed by atoms with Crippen LogP contribution in [0.15, 0.2) is 48.5 Å². The Morgan fingerprint density at radius 1 is 0.660 bits per heavy atom. The molecule has 5 amide bonds. The highest BCUT2D eigenvalue weighted by Crippen LogP contribution is 2.24. The van der Waals surface area contributed by atoms with Crippen LogP contribution >= 0.6 is 12.4 Å². The average molecular weight is 715 g/mol. The Morgan fingerprint density at radius 3 is 1.48 bits per heavy atom. The fourth-order valence-corrected chi connectivity index (χ4v) is 5.77. The van der Waals surface area contributed by atoms with Crippen LogP contribution in [0.25, 0.3) is 0 Å². The van der Waals surface area contributed by atoms with Crippen LogP contribution in [-0.2, 0) is 23.9 Å². The third kappa shape index (κ3) is 11.0. The molecule has 2 atom stereocenters. The molecule has 15 heteroatoms. The lowest BCUT2D eigenvalue weighted by molar-refractivity contribution is -0.140. The van der Waals surface area contributed by atoms with Crippen molar-refractivity contribution >= 4 is 53.5 Å². The van der Waals surface area contributed by atoms with E-state index in [1.807, 2.05) is 69.3 Å². The molecule has 4 aliphatic rings. The van der Waals surface area contributed by atoms with Gasteiger partial charge in [-0.1, -0.05) is 0 Å². The van der Waals surface area contributed by atoms with Gasteiger partial charge in [0.25, 0.3) is 11.8 Å². The van der Waals surface area contributed by atoms with Crippen molar-refractivity contribution in [2.45, 2.75) is 64.3 Å². The van der Waals surface area contributed by atoms with Crippen molar-refractivity contribution in [3.63, 3.8) is 0 Å². The van der Waals surface area contributed by atoms with E-state index in [-0.39, 0.29) is 42.6 Å². The lowest BCUT2D eigenvalue weighted by Gasteiger charge is -2.36. The van der Waals surface area contributed by atoms with Gasteiger partial charge in [0.15, 0.2) is 12.2 Å². The fraction of sp³-hybridized carbons (Fsp3) is 0.514. The largest absolute Gasteiger partial charge is 0.481 e. The Bertz CT molecular complexity index is 1490. The van der Waals surface area contributed by atoms with Gasteiger partial charge < -0.3 is 34.2 Å². The van der Waals surface area contributed by atoms with Crippen molar-refractivity contribution in [2.75, 3.05) is 62.2 Å². The van der Waals surface area contributed by atoms with Crippen LogP contribution in [0.4, 0.5) is 16.2 Å². The highest BCUT2D eigenvalue weighted by molar-refractivity contribution is 6.00. The Kier molecular flexibility index (Phi) is 13.3. The lowest BCUT2D eigenvalue weighted by Crippen LogP contribution is -2.50. The molecule has 0 saturated carbocycles. The van der Waals surface area contributed by atoms with Crippen LogP contribution in [0.2, 0.25) is 0 Å². The molecule has 0 aliphatic carbocycles. The molecule has 0 aromatic heterocycles. The number of amides is 5. The molecule has 4 fully saturated rings. The summed E-state index contributed by atoms with van der Waals surface area (Å²) < 4.78 is 16.8. The molecule has 3 N–H and O–H groups in total. The highest BCUT2D eigenvalue weighted by atomic mass is 35.5. The first-order valence-electron chi connectivity index (χ1n) is 16.8. The van der Waals surface area contributed by atoms with Crippen molar-refractivity contribution in [3.05, 3.63) is 48.5 Å². The minimum Gasteiger partial charge on any atom is -0.481 e. The SMILES string of the molecule is CC(C)(C)OC(=O)N1CCN(c2ccc(O[C@@H]3CCC(=O)NC3=O)cc2)CC1.Cl.O=C1CC[C@@H](Oc2ccc(N3CCNCC3)cc2)C(=O)N1. The quantitative estimate of drug-likeness (QED) is 0.378. The fourth-order valence-electron chi connectivity index (χ4n) is 5.77. The predicted molar refractivity (Wildman–Crippen MR) is 189 cm³/mol. The molecule has 2 aromatic carbocycles. The second-order valence-electron chi connectivity index (χ2n) is 13.3. The van der Waals surface area contributed by atoms with Crippen molar-refractivity contribution in [3.8, 4) is 11.5 Å². The molecule has 272 valence electrons. The third-order valence-electron chi connectivity index (χ3n) is 8.39. The number of rotatable bonds is 6. The van der Waals surface area contributed by atoms with E-state index in [9.17, 15) is 24.0 Å². The number of anilines is 2. The molecule has 0 radical (unpaired) electrons. The van der Waals surface area contributed by atoms with E-state index in [2.05, 4.69) is 25.8 Å². The lowest BCUT2D eigenvalue weighted by atomic mass is 10.1. The number of carbonyl (C=O) groups is 5. The number of hydrogen-bond donors (Lipinski definition) is 3. The number of carbonyl (C=O) groups excluding carboxylic acids is 5. The maximum Gasteiger partial charge on any atom is 0.410 e. The molecule has 2 aromatic rings. The van der Waals surface area contributed by atoms with Crippen molar-refractivity contribution in [1.82, 2.24) is 20.9 Å². The van der Waals surface area contributed by atoms with E-state index >= 15 is 0 Å². The summed E-state index contributed by atoms with van der Waals surface area (Å²) in [6, 6.07) is 15.3. The van der Waals surface area contributed by atoms with Gasteiger partial charge >= 0.3 is 6.09 Å². The Balaban J connectivity index is 0.000000229. The molecule has 0 unspecified atom stereocenters. The normalized spacial score (nSPS) is 21.1. The molecule has 4 heterocycles. The summed E-state index contributed by atoms with van der Waals surface area (Å²) in [7, 11) is 0. The highest BCUT2D eigenvalue weighted by Gasteiger charge is 2.30. The minimum atomic E-state index is -0.638. The maximum absolute atomic E-state index is 12.2. The van der Waals surface area contributed by atoms with Crippen LogP contribution in [-0.4, -0.2) is 105 Å². The Morgan fingerprint density at radius 2 is 1.08 bits per heavy atom. The zero-order valence-electron chi connectivity index (χ0n) is 28.8. The van der Waals surface area contributed by atoms with Crippen molar-refractivity contribution < 1.29 is 38.2 Å². The van der Waals surface area contributed by atoms with E-state index in [4.69, 9.17) is 14.2 Å². The summed E-state index contributed by atoms with van der Waals surface area (Å²) in [6.45, 7) is 12.2. The molecule has 4 aliphatic heterocycles. The second kappa shape index (κ2) is 17.4. The average Bonchev–Trinajstić information content (AvgIpc) is 3.08. The summed E-state index contributed by atoms with van der Waals surface area (Å²) in [5.74, 6) is 0.0182. The van der Waals surface area contributed by atoms with Crippen LogP contribution in [0.1, 0.15) is 46.5 Å². The number of nitrogens with zero attached hydrogens (tertiary/aromatic N) is 3. The van der Waals surface area contributed by atoms with Gasteiger partial charge in [-0.15, -0.1) is 12.4 Å². The van der Waals surface area contributed by atoms with Gasteiger partial charge in [-0.25, -0.2) is 4.79 Å². The van der Waals surface area contributed by atoms with Gasteiger partial charge in [-0.2, -0.15) is 0 Å². The first kappa shape index (κ1) is 38.2. The maximum atomic E-state index is 12.2. The standard InChI is InChI=1S/C20H27N3O5.C15H19N3O3.ClH/c1-20(2,3)28-19(26)23-12-10-22(11-13-23)14-4-6-15(7-5-14)27-16-8-9-17(24)21-18(16)25;19-14-6-5-13(15(20)17-14)21-12-3-1-11(2-4-12)18-9-7-16-8-10-18;/h4-7,16H,8-13H2,1-3H3,(H,21,24,25);1-4,13,16H,5-10H2,(H,17,19,20);1H/t16-;13-;/m11./s1. The number of benzene rings is 2. The number of piperidine rings is 2. The number of halogens is 1. The first-order valence-corrected chi connectivity index (χ1v) is 16.8. The van der Waals surface area contributed by atoms with Crippen molar-refractivity contribution in [2.24, 2.45) is 0 Å². The topological polar surface area (TPSA) is 159 Å². The van der Waals surface area contributed by atoms with E-state index in [0.717, 1.165) is 37.6 Å². The van der Waals surface area contributed by atoms with Gasteiger partial charge in [0.2, 0.25) is 11.8 Å². The van der Waals surface area contributed by atoms with Crippen molar-refractivity contribution in [1.29, 1.82) is 0 Å². The van der Waals surface area contributed by atoms with Crippen LogP contribution in [0.5, 0.6) is 11.5 Å². The summed E-state index contributed by atoms with van der Waals surface area (Å²) in [5, 5.41) is 7.90. The van der Waals surface area contributed by atoms with E-state index in [1.165, 1.54) is 0 Å². The number of imide groups is 2. The molecular weight excluding hydrogens is 668 g/mol. The summed E-state index contributed by atoms with van der Waals surface area (Å²) >= 11 is 0. The summed E-state index contributed by atoms with van der Waals surface area (Å²) in [4.78, 5) is 64.1. The predicted octanol–water partition coefficient (Wildman–Crippen LogP) is 2.63. The van der Waals surface area contributed by atoms with Gasteiger partial charge in [0, 0.05) is 89.4 Å². The van der Waals surface area contributed by atoms with E-state index in [0.29, 0.717) is 56.9 Å². The number of piperazine rings is 2. The second-order valence-corrected chi connectivity index (χ2v) is 13.3. The molecular formula is C35H47ClN6O8. The van der Waals surface area contributed by atoms with Crippen LogP contribution in [0.3, 0.4) is 0 Å². The van der Waals surface area contributed by atoms with Crippen LogP contribution < -0.4 is 35.2 Å². The van der Waals surface area contributed by atoms with Crippen LogP contribution in [0, 0.1) is 0 Å². The summed E-state index contributed by atoms with van der Waals surface area (Å²) in [6.07, 6.45) is -0.0524. The number of nitrogens with one attached hydrogen (secondary N) is 3. The van der Waals surface area contributed by atoms with E-state index in [1.54, 1.807) is 4.90 Å². The third-order valence-corrected chi connectivity index (χ3v) is 8.39. The Hall–Kier alpha value is -4.56. The summed E-state index contributed by atoms with van der Waals surface area (Å²) in [5.41, 5.74) is 1.69. The monoisotopic (exact) mass is 714 g/mol. The van der Waals surface area contributed by atoms with E-state index < -0.39 is 23.7 Å². The number of hydrogen-bond acceptors (Lipinski definition) is 11. The molecule has 6 rings (SSSR count). The minimum absolute atomic E-state index is 0. The molecule has 14 nitrogen and oxygen atoms in total.